The number of hydrogen-bond acceptors (Lipinski definition) is 6. The van der Waals surface area contributed by atoms with Gasteiger partial charge in [-0.05, 0) is 49.4 Å². The third-order valence-electron chi connectivity index (χ3n) is 4.36. The predicted octanol–water partition coefficient (Wildman–Crippen LogP) is 4.82. The van der Waals surface area contributed by atoms with Crippen LogP contribution >= 0.6 is 0 Å². The lowest BCUT2D eigenvalue weighted by atomic mass is 10.2. The molecule has 1 N–H and O–H groups in total. The minimum Gasteiger partial charge on any atom is -0.490 e. The monoisotopic (exact) mass is 415 g/mol. The van der Waals surface area contributed by atoms with E-state index in [9.17, 15) is 4.79 Å². The van der Waals surface area contributed by atoms with Crippen LogP contribution in [-0.2, 0) is 4.79 Å². The molecule has 4 rings (SSSR count). The molecule has 0 aliphatic carbocycles. The van der Waals surface area contributed by atoms with Crippen molar-refractivity contribution in [1.29, 1.82) is 0 Å². The maximum Gasteiger partial charge on any atom is 0.262 e. The zero-order chi connectivity index (χ0) is 21.5. The van der Waals surface area contributed by atoms with Crippen molar-refractivity contribution in [3.05, 3.63) is 78.9 Å². The lowest BCUT2D eigenvalue weighted by Crippen LogP contribution is -2.20. The molecule has 31 heavy (non-hydrogen) atoms. The Morgan fingerprint density at radius 3 is 2.39 bits per heavy atom. The summed E-state index contributed by atoms with van der Waals surface area (Å²) >= 11 is 0. The minimum atomic E-state index is -0.261. The molecule has 7 heteroatoms. The number of aromatic nitrogens is 2. The summed E-state index contributed by atoms with van der Waals surface area (Å²) < 4.78 is 16.8. The average Bonchev–Trinajstić information content (AvgIpc) is 3.30. The zero-order valence-corrected chi connectivity index (χ0v) is 16.9. The van der Waals surface area contributed by atoms with Gasteiger partial charge in [-0.3, -0.25) is 4.79 Å². The van der Waals surface area contributed by atoms with Gasteiger partial charge in [-0.1, -0.05) is 41.6 Å². The maximum atomic E-state index is 12.2. The van der Waals surface area contributed by atoms with Crippen LogP contribution in [0.2, 0.25) is 0 Å². The Bertz CT molecular complexity index is 1140. The number of nitrogens with one attached hydrogen (secondary N) is 1. The first kappa shape index (κ1) is 20.2. The number of nitrogens with zero attached hydrogens (tertiary/aromatic N) is 2. The number of hydrogen-bond donors (Lipinski definition) is 1. The van der Waals surface area contributed by atoms with Gasteiger partial charge in [0.25, 0.3) is 11.8 Å². The molecule has 0 spiro atoms. The van der Waals surface area contributed by atoms with Crippen molar-refractivity contribution in [3.63, 3.8) is 0 Å². The molecule has 1 aromatic heterocycles. The summed E-state index contributed by atoms with van der Waals surface area (Å²) in [5.74, 6) is 1.57. The standard InChI is InChI=1S/C24H21N3O4/c1-2-29-21-15-18(23-26-24(31-27-23)17-9-5-3-6-10-17)13-14-20(21)30-16-22(28)25-19-11-7-4-8-12-19/h3-15H,2,16H2,1H3,(H,25,28). The van der Waals surface area contributed by atoms with Crippen LogP contribution in [0.1, 0.15) is 6.92 Å². The van der Waals surface area contributed by atoms with Gasteiger partial charge in [0.1, 0.15) is 0 Å². The van der Waals surface area contributed by atoms with Crippen LogP contribution in [0.15, 0.2) is 83.4 Å². The molecule has 0 radical (unpaired) electrons. The topological polar surface area (TPSA) is 86.5 Å². The SMILES string of the molecule is CCOc1cc(-c2noc(-c3ccccc3)n2)ccc1OCC(=O)Nc1ccccc1. The highest BCUT2D eigenvalue weighted by molar-refractivity contribution is 5.91. The molecule has 0 saturated heterocycles. The lowest BCUT2D eigenvalue weighted by molar-refractivity contribution is -0.118. The van der Waals surface area contributed by atoms with Crippen molar-refractivity contribution in [1.82, 2.24) is 10.1 Å². The first-order valence-electron chi connectivity index (χ1n) is 9.87. The Morgan fingerprint density at radius 2 is 1.65 bits per heavy atom. The molecule has 3 aromatic carbocycles. The van der Waals surface area contributed by atoms with Gasteiger partial charge in [-0.2, -0.15) is 4.98 Å². The third-order valence-corrected chi connectivity index (χ3v) is 4.36. The summed E-state index contributed by atoms with van der Waals surface area (Å²) in [5, 5.41) is 6.85. The molecular formula is C24H21N3O4. The molecule has 0 aliphatic rings. The Hall–Kier alpha value is -4.13. The number of para-hydroxylation sites is 1. The van der Waals surface area contributed by atoms with Crippen molar-refractivity contribution >= 4 is 11.6 Å². The molecule has 7 nitrogen and oxygen atoms in total. The molecule has 0 atom stereocenters. The smallest absolute Gasteiger partial charge is 0.262 e. The van der Waals surface area contributed by atoms with Crippen molar-refractivity contribution in [2.75, 3.05) is 18.5 Å². The van der Waals surface area contributed by atoms with Crippen LogP contribution in [0.25, 0.3) is 22.8 Å². The molecule has 0 aliphatic heterocycles. The van der Waals surface area contributed by atoms with E-state index in [-0.39, 0.29) is 12.5 Å². The maximum absolute atomic E-state index is 12.2. The van der Waals surface area contributed by atoms with Crippen molar-refractivity contribution in [2.24, 2.45) is 0 Å². The predicted molar refractivity (Wildman–Crippen MR) is 117 cm³/mol. The summed E-state index contributed by atoms with van der Waals surface area (Å²) in [7, 11) is 0. The Balaban J connectivity index is 1.48. The van der Waals surface area contributed by atoms with Gasteiger partial charge in [0.15, 0.2) is 18.1 Å². The highest BCUT2D eigenvalue weighted by atomic mass is 16.5. The third kappa shape index (κ3) is 5.08. The van der Waals surface area contributed by atoms with Gasteiger partial charge in [0.05, 0.1) is 6.61 Å². The van der Waals surface area contributed by atoms with E-state index in [2.05, 4.69) is 15.5 Å². The summed E-state index contributed by atoms with van der Waals surface area (Å²) in [5.41, 5.74) is 2.27. The fourth-order valence-electron chi connectivity index (χ4n) is 2.94. The van der Waals surface area contributed by atoms with Crippen LogP contribution in [0.5, 0.6) is 11.5 Å². The molecule has 0 unspecified atom stereocenters. The van der Waals surface area contributed by atoms with Crippen LogP contribution in [0, 0.1) is 0 Å². The largest absolute Gasteiger partial charge is 0.490 e. The second kappa shape index (κ2) is 9.58. The molecule has 4 aromatic rings. The van der Waals surface area contributed by atoms with Gasteiger partial charge < -0.3 is 19.3 Å². The number of ether oxygens (including phenoxy) is 2. The first-order chi connectivity index (χ1) is 15.2. The van der Waals surface area contributed by atoms with Crippen LogP contribution in [0.4, 0.5) is 5.69 Å². The second-order valence-electron chi connectivity index (χ2n) is 6.59. The second-order valence-corrected chi connectivity index (χ2v) is 6.59. The van der Waals surface area contributed by atoms with Gasteiger partial charge >= 0.3 is 0 Å². The summed E-state index contributed by atoms with van der Waals surface area (Å²) in [6.07, 6.45) is 0. The molecule has 0 bridgehead atoms. The summed E-state index contributed by atoms with van der Waals surface area (Å²) in [6.45, 7) is 2.17. The van der Waals surface area contributed by atoms with E-state index in [1.165, 1.54) is 0 Å². The fourth-order valence-corrected chi connectivity index (χ4v) is 2.94. The normalized spacial score (nSPS) is 10.5. The minimum absolute atomic E-state index is 0.144. The van der Waals surface area contributed by atoms with E-state index in [1.54, 1.807) is 18.2 Å². The lowest BCUT2D eigenvalue weighted by Gasteiger charge is -2.12. The molecule has 1 heterocycles. The number of anilines is 1. The quantitative estimate of drug-likeness (QED) is 0.444. The number of carbonyl (C=O) groups excluding carboxylic acids is 1. The van der Waals surface area contributed by atoms with Gasteiger partial charge in [0.2, 0.25) is 5.82 Å². The van der Waals surface area contributed by atoms with Crippen LogP contribution in [0.3, 0.4) is 0 Å². The van der Waals surface area contributed by atoms with Crippen LogP contribution in [-0.4, -0.2) is 29.3 Å². The van der Waals surface area contributed by atoms with Crippen LogP contribution < -0.4 is 14.8 Å². The highest BCUT2D eigenvalue weighted by Crippen LogP contribution is 2.32. The summed E-state index contributed by atoms with van der Waals surface area (Å²) in [6, 6.07) is 24.1. The van der Waals surface area contributed by atoms with Crippen molar-refractivity contribution < 1.29 is 18.8 Å². The molecular weight excluding hydrogens is 394 g/mol. The van der Waals surface area contributed by atoms with Gasteiger partial charge in [-0.15, -0.1) is 0 Å². The van der Waals surface area contributed by atoms with Gasteiger partial charge in [0, 0.05) is 16.8 Å². The number of amides is 1. The average molecular weight is 415 g/mol. The van der Waals surface area contributed by atoms with E-state index in [0.29, 0.717) is 35.5 Å². The molecule has 1 amide bonds. The highest BCUT2D eigenvalue weighted by Gasteiger charge is 2.14. The number of benzene rings is 3. The van der Waals surface area contributed by atoms with E-state index in [1.807, 2.05) is 67.6 Å². The number of rotatable bonds is 8. The van der Waals surface area contributed by atoms with E-state index < -0.39 is 0 Å². The van der Waals surface area contributed by atoms with Crippen molar-refractivity contribution in [2.45, 2.75) is 6.92 Å². The Labute approximate surface area is 179 Å². The summed E-state index contributed by atoms with van der Waals surface area (Å²) in [4.78, 5) is 16.6. The van der Waals surface area contributed by atoms with E-state index in [4.69, 9.17) is 14.0 Å². The van der Waals surface area contributed by atoms with Crippen molar-refractivity contribution in [3.8, 4) is 34.3 Å². The fraction of sp³-hybridized carbons (Fsp3) is 0.125. The Kier molecular flexibility index (Phi) is 6.23. The Morgan fingerprint density at radius 1 is 0.903 bits per heavy atom. The molecule has 0 fully saturated rings. The number of carbonyl (C=O) groups is 1. The molecule has 156 valence electrons. The van der Waals surface area contributed by atoms with E-state index >= 15 is 0 Å². The van der Waals surface area contributed by atoms with Gasteiger partial charge in [-0.25, -0.2) is 0 Å². The first-order valence-corrected chi connectivity index (χ1v) is 9.87. The van der Waals surface area contributed by atoms with E-state index in [0.717, 1.165) is 11.1 Å². The zero-order valence-electron chi connectivity index (χ0n) is 16.9. The molecule has 0 saturated carbocycles.